The van der Waals surface area contributed by atoms with Crippen molar-refractivity contribution in [1.82, 2.24) is 5.32 Å². The van der Waals surface area contributed by atoms with Gasteiger partial charge in [-0.1, -0.05) is 28.1 Å². The summed E-state index contributed by atoms with van der Waals surface area (Å²) in [5, 5.41) is 3.23. The molecule has 2 nitrogen and oxygen atoms in total. The van der Waals surface area contributed by atoms with E-state index in [-0.39, 0.29) is 0 Å². The molecule has 0 radical (unpaired) electrons. The quantitative estimate of drug-likeness (QED) is 0.607. The number of halogens is 1. The van der Waals surface area contributed by atoms with Gasteiger partial charge in [-0.3, -0.25) is 0 Å². The molecule has 0 atom stereocenters. The molecule has 0 aliphatic heterocycles. The van der Waals surface area contributed by atoms with E-state index in [0.717, 1.165) is 36.3 Å². The standard InChI is InChI=1S/C12H16BrNO/c1-2-7-14-8-4-9-15-12-6-3-5-11(13)10-12/h2-3,5-6,10,14H,1,4,7-9H2. The van der Waals surface area contributed by atoms with Gasteiger partial charge in [0, 0.05) is 11.0 Å². The predicted molar refractivity (Wildman–Crippen MR) is 67.3 cm³/mol. The number of hydrogen-bond acceptors (Lipinski definition) is 2. The molecule has 15 heavy (non-hydrogen) atoms. The van der Waals surface area contributed by atoms with E-state index >= 15 is 0 Å². The molecule has 0 saturated heterocycles. The molecule has 1 aromatic carbocycles. The second kappa shape index (κ2) is 7.49. The number of rotatable bonds is 7. The topological polar surface area (TPSA) is 21.3 Å². The van der Waals surface area contributed by atoms with Crippen LogP contribution in [-0.4, -0.2) is 19.7 Å². The number of hydrogen-bond donors (Lipinski definition) is 1. The minimum Gasteiger partial charge on any atom is -0.494 e. The van der Waals surface area contributed by atoms with Gasteiger partial charge in [0.05, 0.1) is 6.61 Å². The molecule has 1 rings (SSSR count). The van der Waals surface area contributed by atoms with Crippen LogP contribution in [0.3, 0.4) is 0 Å². The Morgan fingerprint density at radius 3 is 3.07 bits per heavy atom. The monoisotopic (exact) mass is 269 g/mol. The van der Waals surface area contributed by atoms with Crippen LogP contribution in [0.2, 0.25) is 0 Å². The first-order valence-corrected chi connectivity index (χ1v) is 5.82. The summed E-state index contributed by atoms with van der Waals surface area (Å²) >= 11 is 3.40. The van der Waals surface area contributed by atoms with Gasteiger partial charge < -0.3 is 10.1 Å². The van der Waals surface area contributed by atoms with Crippen LogP contribution in [0.15, 0.2) is 41.4 Å². The number of ether oxygens (including phenoxy) is 1. The molecule has 1 N–H and O–H groups in total. The maximum absolute atomic E-state index is 5.57. The average molecular weight is 270 g/mol. The van der Waals surface area contributed by atoms with Crippen molar-refractivity contribution >= 4 is 15.9 Å². The molecule has 0 fully saturated rings. The minimum absolute atomic E-state index is 0.737. The van der Waals surface area contributed by atoms with Crippen molar-refractivity contribution in [3.8, 4) is 5.75 Å². The van der Waals surface area contributed by atoms with Crippen LogP contribution in [-0.2, 0) is 0 Å². The lowest BCUT2D eigenvalue weighted by Gasteiger charge is -2.06. The zero-order valence-corrected chi connectivity index (χ0v) is 10.3. The molecule has 0 amide bonds. The summed E-state index contributed by atoms with van der Waals surface area (Å²) in [5.41, 5.74) is 0. The fraction of sp³-hybridized carbons (Fsp3) is 0.333. The van der Waals surface area contributed by atoms with Gasteiger partial charge in [-0.25, -0.2) is 0 Å². The van der Waals surface area contributed by atoms with Gasteiger partial charge in [0.15, 0.2) is 0 Å². The van der Waals surface area contributed by atoms with Crippen molar-refractivity contribution in [3.63, 3.8) is 0 Å². The Morgan fingerprint density at radius 1 is 1.47 bits per heavy atom. The molecule has 0 unspecified atom stereocenters. The smallest absolute Gasteiger partial charge is 0.120 e. The SMILES string of the molecule is C=CCNCCCOc1cccc(Br)c1. The Hall–Kier alpha value is -0.800. The van der Waals surface area contributed by atoms with Crippen LogP contribution in [0, 0.1) is 0 Å². The zero-order valence-electron chi connectivity index (χ0n) is 8.71. The highest BCUT2D eigenvalue weighted by molar-refractivity contribution is 9.10. The van der Waals surface area contributed by atoms with E-state index in [1.165, 1.54) is 0 Å². The lowest BCUT2D eigenvalue weighted by atomic mass is 10.3. The largest absolute Gasteiger partial charge is 0.494 e. The van der Waals surface area contributed by atoms with E-state index in [1.54, 1.807) is 0 Å². The molecular formula is C12H16BrNO. The molecule has 1 aromatic rings. The van der Waals surface area contributed by atoms with Crippen molar-refractivity contribution in [2.45, 2.75) is 6.42 Å². The Morgan fingerprint density at radius 2 is 2.33 bits per heavy atom. The Kier molecular flexibility index (Phi) is 6.12. The zero-order chi connectivity index (χ0) is 10.9. The van der Waals surface area contributed by atoms with Crippen molar-refractivity contribution < 1.29 is 4.74 Å². The molecule has 3 heteroatoms. The third-order valence-electron chi connectivity index (χ3n) is 1.85. The van der Waals surface area contributed by atoms with Crippen LogP contribution in [0.25, 0.3) is 0 Å². The van der Waals surface area contributed by atoms with Crippen LogP contribution in [0.5, 0.6) is 5.75 Å². The van der Waals surface area contributed by atoms with Gasteiger partial charge >= 0.3 is 0 Å². The van der Waals surface area contributed by atoms with Crippen LogP contribution in [0.4, 0.5) is 0 Å². The summed E-state index contributed by atoms with van der Waals surface area (Å²) < 4.78 is 6.62. The van der Waals surface area contributed by atoms with E-state index in [0.29, 0.717) is 0 Å². The van der Waals surface area contributed by atoms with Gasteiger partial charge in [0.2, 0.25) is 0 Å². The lowest BCUT2D eigenvalue weighted by molar-refractivity contribution is 0.309. The third kappa shape index (κ3) is 5.60. The average Bonchev–Trinajstić information content (AvgIpc) is 2.23. The highest BCUT2D eigenvalue weighted by Gasteiger charge is 1.93. The second-order valence-electron chi connectivity index (χ2n) is 3.15. The first-order chi connectivity index (χ1) is 7.33. The Bertz CT molecular complexity index is 301. The van der Waals surface area contributed by atoms with E-state index in [2.05, 4.69) is 27.8 Å². The first kappa shape index (κ1) is 12.3. The third-order valence-corrected chi connectivity index (χ3v) is 2.34. The van der Waals surface area contributed by atoms with E-state index < -0.39 is 0 Å². The van der Waals surface area contributed by atoms with E-state index in [4.69, 9.17) is 4.74 Å². The molecule has 0 heterocycles. The first-order valence-electron chi connectivity index (χ1n) is 5.03. The molecule has 0 aliphatic rings. The highest BCUT2D eigenvalue weighted by atomic mass is 79.9. The Labute approximate surface area is 99.5 Å². The van der Waals surface area contributed by atoms with Gasteiger partial charge in [-0.2, -0.15) is 0 Å². The van der Waals surface area contributed by atoms with Gasteiger partial charge in [-0.15, -0.1) is 6.58 Å². The summed E-state index contributed by atoms with van der Waals surface area (Å²) in [6.07, 6.45) is 2.86. The molecule has 0 aliphatic carbocycles. The summed E-state index contributed by atoms with van der Waals surface area (Å²) in [4.78, 5) is 0. The second-order valence-corrected chi connectivity index (χ2v) is 4.07. The fourth-order valence-electron chi connectivity index (χ4n) is 1.15. The number of nitrogens with one attached hydrogen (secondary N) is 1. The molecular weight excluding hydrogens is 254 g/mol. The van der Waals surface area contributed by atoms with Crippen LogP contribution >= 0.6 is 15.9 Å². The van der Waals surface area contributed by atoms with Gasteiger partial charge in [0.25, 0.3) is 0 Å². The molecule has 0 aromatic heterocycles. The van der Waals surface area contributed by atoms with E-state index in [1.807, 2.05) is 30.3 Å². The summed E-state index contributed by atoms with van der Waals surface area (Å²) in [6, 6.07) is 7.88. The van der Waals surface area contributed by atoms with Crippen molar-refractivity contribution in [2.24, 2.45) is 0 Å². The maximum atomic E-state index is 5.57. The van der Waals surface area contributed by atoms with Gasteiger partial charge in [0.1, 0.15) is 5.75 Å². The van der Waals surface area contributed by atoms with Gasteiger partial charge in [-0.05, 0) is 31.2 Å². The maximum Gasteiger partial charge on any atom is 0.120 e. The van der Waals surface area contributed by atoms with E-state index in [9.17, 15) is 0 Å². The minimum atomic E-state index is 0.737. The van der Waals surface area contributed by atoms with Crippen LogP contribution in [0.1, 0.15) is 6.42 Å². The molecule has 0 saturated carbocycles. The number of benzene rings is 1. The van der Waals surface area contributed by atoms with Crippen molar-refractivity contribution in [3.05, 3.63) is 41.4 Å². The summed E-state index contributed by atoms with van der Waals surface area (Å²) in [5.74, 6) is 0.910. The summed E-state index contributed by atoms with van der Waals surface area (Å²) in [6.45, 7) is 6.19. The van der Waals surface area contributed by atoms with Crippen LogP contribution < -0.4 is 10.1 Å². The summed E-state index contributed by atoms with van der Waals surface area (Å²) in [7, 11) is 0. The Balaban J connectivity index is 2.12. The van der Waals surface area contributed by atoms with Crippen molar-refractivity contribution in [1.29, 1.82) is 0 Å². The fourth-order valence-corrected chi connectivity index (χ4v) is 1.53. The normalized spacial score (nSPS) is 9.93. The highest BCUT2D eigenvalue weighted by Crippen LogP contribution is 2.17. The van der Waals surface area contributed by atoms with Crippen molar-refractivity contribution in [2.75, 3.05) is 19.7 Å². The molecule has 82 valence electrons. The molecule has 0 bridgehead atoms. The lowest BCUT2D eigenvalue weighted by Crippen LogP contribution is -2.17. The molecule has 0 spiro atoms. The predicted octanol–water partition coefficient (Wildman–Crippen LogP) is 2.99.